The normalized spacial score (nSPS) is 16.1. The lowest BCUT2D eigenvalue weighted by Gasteiger charge is -1.95. The van der Waals surface area contributed by atoms with Crippen molar-refractivity contribution in [1.82, 2.24) is 19.6 Å². The van der Waals surface area contributed by atoms with Crippen LogP contribution in [-0.4, -0.2) is 24.7 Å². The van der Waals surface area contributed by atoms with E-state index in [9.17, 15) is 14.3 Å². The monoisotopic (exact) mass is 210 g/mol. The number of aromatic amines is 1. The molecule has 3 rings (SSSR count). The topological polar surface area (TPSA) is 83.3 Å². The molecule has 0 amide bonds. The van der Waals surface area contributed by atoms with Gasteiger partial charge in [0.1, 0.15) is 0 Å². The summed E-state index contributed by atoms with van der Waals surface area (Å²) in [5.74, 6) is -1.16. The third kappa shape index (κ3) is 1.12. The average molecular weight is 210 g/mol. The van der Waals surface area contributed by atoms with Crippen molar-refractivity contribution < 1.29 is 9.50 Å². The van der Waals surface area contributed by atoms with Crippen LogP contribution in [-0.2, 0) is 0 Å². The molecule has 7 heteroatoms. The Bertz CT molecular complexity index is 598. The molecule has 2 heterocycles. The zero-order valence-electron chi connectivity index (χ0n) is 7.57. The predicted octanol–water partition coefficient (Wildman–Crippen LogP) is 0.140. The molecule has 0 bridgehead atoms. The maximum Gasteiger partial charge on any atom is 0.292 e. The lowest BCUT2D eigenvalue weighted by molar-refractivity contribution is 0.389. The Morgan fingerprint density at radius 3 is 2.93 bits per heavy atom. The molecule has 0 unspecified atom stereocenters. The third-order valence-corrected chi connectivity index (χ3v) is 2.39. The summed E-state index contributed by atoms with van der Waals surface area (Å²) in [7, 11) is 0. The van der Waals surface area contributed by atoms with Gasteiger partial charge in [0.15, 0.2) is 5.82 Å². The van der Waals surface area contributed by atoms with Crippen LogP contribution in [0, 0.1) is 5.82 Å². The van der Waals surface area contributed by atoms with Crippen molar-refractivity contribution in [2.45, 2.75) is 18.8 Å². The second kappa shape index (κ2) is 2.56. The van der Waals surface area contributed by atoms with Gasteiger partial charge in [-0.2, -0.15) is 13.9 Å². The molecule has 1 fully saturated rings. The average Bonchev–Trinajstić information content (AvgIpc) is 2.97. The van der Waals surface area contributed by atoms with Gasteiger partial charge in [-0.1, -0.05) is 0 Å². The molecule has 0 atom stereocenters. The van der Waals surface area contributed by atoms with E-state index in [2.05, 4.69) is 15.1 Å². The van der Waals surface area contributed by atoms with Crippen LogP contribution in [0.3, 0.4) is 0 Å². The van der Waals surface area contributed by atoms with E-state index in [1.807, 2.05) is 0 Å². The maximum atomic E-state index is 13.0. The van der Waals surface area contributed by atoms with Gasteiger partial charge in [-0.25, -0.2) is 0 Å². The van der Waals surface area contributed by atoms with Crippen LogP contribution in [0.1, 0.15) is 24.6 Å². The van der Waals surface area contributed by atoms with E-state index in [1.54, 1.807) is 0 Å². The molecular formula is C8H7FN4O2. The van der Waals surface area contributed by atoms with Crippen LogP contribution < -0.4 is 5.56 Å². The van der Waals surface area contributed by atoms with Crippen LogP contribution in [0.25, 0.3) is 5.78 Å². The number of nitrogens with zero attached hydrogens (tertiary/aromatic N) is 3. The lowest BCUT2D eigenvalue weighted by atomic mass is 10.4. The van der Waals surface area contributed by atoms with Gasteiger partial charge in [0.2, 0.25) is 11.6 Å². The summed E-state index contributed by atoms with van der Waals surface area (Å²) in [6.45, 7) is 0. The van der Waals surface area contributed by atoms with E-state index in [1.165, 1.54) is 0 Å². The first-order valence-corrected chi connectivity index (χ1v) is 4.54. The van der Waals surface area contributed by atoms with E-state index in [-0.39, 0.29) is 11.7 Å². The summed E-state index contributed by atoms with van der Waals surface area (Å²) in [6, 6.07) is 0. The van der Waals surface area contributed by atoms with Gasteiger partial charge in [-0.3, -0.25) is 9.78 Å². The van der Waals surface area contributed by atoms with Gasteiger partial charge in [0.25, 0.3) is 11.4 Å². The van der Waals surface area contributed by atoms with Crippen molar-refractivity contribution in [3.05, 3.63) is 22.0 Å². The number of nitrogens with one attached hydrogen (secondary N) is 1. The van der Waals surface area contributed by atoms with Gasteiger partial charge < -0.3 is 5.11 Å². The molecule has 2 N–H and O–H groups in total. The first-order valence-electron chi connectivity index (χ1n) is 4.54. The highest BCUT2D eigenvalue weighted by Gasteiger charge is 2.29. The molecule has 2 aromatic heterocycles. The van der Waals surface area contributed by atoms with Crippen LogP contribution >= 0.6 is 0 Å². The summed E-state index contributed by atoms with van der Waals surface area (Å²) in [6.07, 6.45) is 1.98. The summed E-state index contributed by atoms with van der Waals surface area (Å²) in [4.78, 5) is 17.2. The van der Waals surface area contributed by atoms with Gasteiger partial charge >= 0.3 is 0 Å². The Morgan fingerprint density at radius 2 is 2.27 bits per heavy atom. The highest BCUT2D eigenvalue weighted by atomic mass is 19.1. The molecule has 1 aliphatic carbocycles. The second-order valence-electron chi connectivity index (χ2n) is 3.57. The Labute approximate surface area is 82.4 Å². The molecule has 0 radical (unpaired) electrons. The zero-order chi connectivity index (χ0) is 10.6. The van der Waals surface area contributed by atoms with Gasteiger partial charge in [0, 0.05) is 5.92 Å². The minimum Gasteiger partial charge on any atom is -0.491 e. The summed E-state index contributed by atoms with van der Waals surface area (Å²) >= 11 is 0. The Kier molecular flexibility index (Phi) is 1.43. The van der Waals surface area contributed by atoms with Crippen molar-refractivity contribution in [1.29, 1.82) is 0 Å². The van der Waals surface area contributed by atoms with Crippen LogP contribution in [0.4, 0.5) is 4.39 Å². The van der Waals surface area contributed by atoms with Gasteiger partial charge in [-0.05, 0) is 12.8 Å². The third-order valence-electron chi connectivity index (χ3n) is 2.39. The van der Waals surface area contributed by atoms with E-state index >= 15 is 0 Å². The number of halogens is 1. The van der Waals surface area contributed by atoms with Crippen molar-refractivity contribution in [3.63, 3.8) is 0 Å². The van der Waals surface area contributed by atoms with Crippen LogP contribution in [0.15, 0.2) is 4.79 Å². The summed E-state index contributed by atoms with van der Waals surface area (Å²) in [5.41, 5.74) is -0.991. The first kappa shape index (κ1) is 8.39. The molecule has 0 saturated heterocycles. The number of aromatic nitrogens is 4. The van der Waals surface area contributed by atoms with Crippen molar-refractivity contribution in [2.75, 3.05) is 0 Å². The standard InChI is InChI=1S/C8H7FN4O2/c9-4-6(14)11-8-10-5(3-1-2-3)12-13(8)7(4)15/h3,15H,1-2H2,(H,10,11,12,14). The fourth-order valence-electron chi connectivity index (χ4n) is 1.42. The molecule has 0 aromatic carbocycles. The number of hydrogen-bond acceptors (Lipinski definition) is 4. The quantitative estimate of drug-likeness (QED) is 0.701. The van der Waals surface area contributed by atoms with Crippen molar-refractivity contribution in [3.8, 4) is 5.88 Å². The largest absolute Gasteiger partial charge is 0.491 e. The smallest absolute Gasteiger partial charge is 0.292 e. The van der Waals surface area contributed by atoms with Crippen molar-refractivity contribution in [2.24, 2.45) is 0 Å². The highest BCUT2D eigenvalue weighted by Crippen LogP contribution is 2.38. The summed E-state index contributed by atoms with van der Waals surface area (Å²) in [5, 5.41) is 13.2. The fourth-order valence-corrected chi connectivity index (χ4v) is 1.42. The second-order valence-corrected chi connectivity index (χ2v) is 3.57. The van der Waals surface area contributed by atoms with E-state index in [0.29, 0.717) is 5.82 Å². The molecule has 0 aliphatic heterocycles. The number of rotatable bonds is 1. The van der Waals surface area contributed by atoms with E-state index in [0.717, 1.165) is 17.4 Å². The fraction of sp³-hybridized carbons (Fsp3) is 0.375. The van der Waals surface area contributed by atoms with Crippen LogP contribution in [0.5, 0.6) is 5.88 Å². The first-order chi connectivity index (χ1) is 7.16. The zero-order valence-corrected chi connectivity index (χ0v) is 7.57. The molecule has 15 heavy (non-hydrogen) atoms. The molecule has 1 saturated carbocycles. The molecule has 6 nitrogen and oxygen atoms in total. The molecule has 78 valence electrons. The van der Waals surface area contributed by atoms with E-state index < -0.39 is 17.3 Å². The maximum absolute atomic E-state index is 13.0. The summed E-state index contributed by atoms with van der Waals surface area (Å²) < 4.78 is 13.9. The minimum absolute atomic E-state index is 0.0702. The predicted molar refractivity (Wildman–Crippen MR) is 47.2 cm³/mol. The number of H-pyrrole nitrogens is 1. The lowest BCUT2D eigenvalue weighted by Crippen LogP contribution is -2.13. The SMILES string of the molecule is O=c1[nH]c2nc(C3CC3)nn2c(O)c1F. The Morgan fingerprint density at radius 1 is 1.53 bits per heavy atom. The van der Waals surface area contributed by atoms with Gasteiger partial charge in [-0.15, -0.1) is 5.10 Å². The number of aromatic hydroxyl groups is 1. The molecule has 0 spiro atoms. The minimum atomic E-state index is -1.24. The van der Waals surface area contributed by atoms with Crippen LogP contribution in [0.2, 0.25) is 0 Å². The van der Waals surface area contributed by atoms with E-state index in [4.69, 9.17) is 0 Å². The molecule has 1 aliphatic rings. The Hall–Kier alpha value is -1.92. The number of fused-ring (bicyclic) bond motifs is 1. The van der Waals surface area contributed by atoms with Crippen molar-refractivity contribution >= 4 is 5.78 Å². The molecule has 2 aromatic rings. The number of hydrogen-bond donors (Lipinski definition) is 2. The van der Waals surface area contributed by atoms with Gasteiger partial charge in [0.05, 0.1) is 0 Å². The Balaban J connectivity index is 2.34. The highest BCUT2D eigenvalue weighted by molar-refractivity contribution is 5.32. The molecular weight excluding hydrogens is 203 g/mol.